The average molecular weight is 299 g/mol. The van der Waals surface area contributed by atoms with Crippen molar-refractivity contribution in [2.75, 3.05) is 6.54 Å². The first-order valence-corrected chi connectivity index (χ1v) is 7.69. The highest BCUT2D eigenvalue weighted by Gasteiger charge is 2.32. The molecule has 1 aromatic rings. The van der Waals surface area contributed by atoms with Crippen molar-refractivity contribution in [3.05, 3.63) is 24.3 Å². The van der Waals surface area contributed by atoms with E-state index < -0.39 is 22.0 Å². The number of aliphatic imine (C=N–C) groups is 1. The fourth-order valence-corrected chi connectivity index (χ4v) is 3.77. The molecule has 0 saturated carbocycles. The standard InChI is InChI=1S/C12H14FN3O3S/c13-10-6-11(8-14-7-10)20(18,19)16-5-3-1-2-4-12(16)15-9-17/h6-8,12H,1-5H2. The molecule has 1 aliphatic rings. The van der Waals surface area contributed by atoms with Gasteiger partial charge >= 0.3 is 0 Å². The van der Waals surface area contributed by atoms with Crippen molar-refractivity contribution in [1.82, 2.24) is 9.29 Å². The second kappa shape index (κ2) is 6.21. The Morgan fingerprint density at radius 2 is 2.15 bits per heavy atom. The van der Waals surface area contributed by atoms with Crippen molar-refractivity contribution in [3.8, 4) is 0 Å². The number of carbonyl (C=O) groups excluding carboxylic acids is 1. The monoisotopic (exact) mass is 299 g/mol. The minimum Gasteiger partial charge on any atom is -0.260 e. The van der Waals surface area contributed by atoms with E-state index in [9.17, 15) is 17.6 Å². The van der Waals surface area contributed by atoms with Crippen molar-refractivity contribution < 1.29 is 17.6 Å². The third kappa shape index (κ3) is 3.09. The summed E-state index contributed by atoms with van der Waals surface area (Å²) in [5, 5.41) is 0. The Labute approximate surface area is 116 Å². The summed E-state index contributed by atoms with van der Waals surface area (Å²) >= 11 is 0. The van der Waals surface area contributed by atoms with Gasteiger partial charge in [0.2, 0.25) is 16.1 Å². The molecule has 108 valence electrons. The molecule has 6 nitrogen and oxygen atoms in total. The van der Waals surface area contributed by atoms with Gasteiger partial charge in [-0.2, -0.15) is 9.30 Å². The van der Waals surface area contributed by atoms with E-state index in [1.165, 1.54) is 6.08 Å². The van der Waals surface area contributed by atoms with Crippen LogP contribution < -0.4 is 0 Å². The zero-order valence-electron chi connectivity index (χ0n) is 10.7. The van der Waals surface area contributed by atoms with Crippen LogP contribution in [-0.2, 0) is 14.8 Å². The molecular weight excluding hydrogens is 285 g/mol. The summed E-state index contributed by atoms with van der Waals surface area (Å²) in [6, 6.07) is 0.912. The molecule has 1 unspecified atom stereocenters. The van der Waals surface area contributed by atoms with Gasteiger partial charge in [-0.1, -0.05) is 6.42 Å². The van der Waals surface area contributed by atoms with Gasteiger partial charge in [0.15, 0.2) is 0 Å². The number of pyridine rings is 1. The fraction of sp³-hybridized carbons (Fsp3) is 0.500. The zero-order valence-corrected chi connectivity index (χ0v) is 11.5. The van der Waals surface area contributed by atoms with E-state index in [2.05, 4.69) is 9.98 Å². The van der Waals surface area contributed by atoms with Crippen LogP contribution in [0.15, 0.2) is 28.3 Å². The van der Waals surface area contributed by atoms with Crippen LogP contribution >= 0.6 is 0 Å². The second-order valence-corrected chi connectivity index (χ2v) is 6.40. The quantitative estimate of drug-likeness (QED) is 0.625. The molecule has 0 aliphatic carbocycles. The van der Waals surface area contributed by atoms with E-state index in [4.69, 9.17) is 0 Å². The highest BCUT2D eigenvalue weighted by atomic mass is 32.2. The maximum absolute atomic E-state index is 13.2. The molecule has 0 amide bonds. The van der Waals surface area contributed by atoms with Gasteiger partial charge in [0.05, 0.1) is 6.20 Å². The Bertz CT molecular complexity index is 629. The topological polar surface area (TPSA) is 79.7 Å². The van der Waals surface area contributed by atoms with Gasteiger partial charge in [0, 0.05) is 12.7 Å². The lowest BCUT2D eigenvalue weighted by Crippen LogP contribution is -2.39. The largest absolute Gasteiger partial charge is 0.260 e. The van der Waals surface area contributed by atoms with Crippen molar-refractivity contribution >= 4 is 16.1 Å². The number of halogens is 1. The zero-order chi connectivity index (χ0) is 14.6. The molecule has 0 spiro atoms. The van der Waals surface area contributed by atoms with Crippen LogP contribution in [0, 0.1) is 5.82 Å². The third-order valence-corrected chi connectivity index (χ3v) is 5.02. The molecule has 1 aliphatic heterocycles. The van der Waals surface area contributed by atoms with E-state index in [-0.39, 0.29) is 11.4 Å². The van der Waals surface area contributed by atoms with Crippen molar-refractivity contribution in [1.29, 1.82) is 0 Å². The summed E-state index contributed by atoms with van der Waals surface area (Å²) in [4.78, 5) is 17.3. The van der Waals surface area contributed by atoms with E-state index in [1.54, 1.807) is 0 Å². The molecule has 0 bridgehead atoms. The van der Waals surface area contributed by atoms with Crippen molar-refractivity contribution in [3.63, 3.8) is 0 Å². The van der Waals surface area contributed by atoms with E-state index in [0.29, 0.717) is 12.8 Å². The number of aromatic nitrogens is 1. The summed E-state index contributed by atoms with van der Waals surface area (Å²) < 4.78 is 39.3. The maximum atomic E-state index is 13.2. The summed E-state index contributed by atoms with van der Waals surface area (Å²) in [6.45, 7) is 0.245. The lowest BCUT2D eigenvalue weighted by molar-refractivity contribution is 0.330. The Hall–Kier alpha value is -1.63. The first-order chi connectivity index (χ1) is 9.55. The van der Waals surface area contributed by atoms with E-state index in [1.807, 2.05) is 0 Å². The van der Waals surface area contributed by atoms with Gasteiger partial charge in [-0.15, -0.1) is 0 Å². The number of hydrogen-bond donors (Lipinski definition) is 0. The lowest BCUT2D eigenvalue weighted by atomic mass is 10.2. The Kier molecular flexibility index (Phi) is 4.59. The Morgan fingerprint density at radius 3 is 2.85 bits per heavy atom. The van der Waals surface area contributed by atoms with Crippen molar-refractivity contribution in [2.24, 2.45) is 4.99 Å². The summed E-state index contributed by atoms with van der Waals surface area (Å²) in [5.41, 5.74) is 0. The molecule has 0 N–H and O–H groups in total. The Balaban J connectivity index is 2.41. The van der Waals surface area contributed by atoms with Gasteiger partial charge in [0.1, 0.15) is 16.9 Å². The third-order valence-electron chi connectivity index (χ3n) is 3.16. The molecule has 2 rings (SSSR count). The molecule has 1 fully saturated rings. The average Bonchev–Trinajstić information content (AvgIpc) is 2.65. The number of sulfonamides is 1. The highest BCUT2D eigenvalue weighted by molar-refractivity contribution is 7.89. The van der Waals surface area contributed by atoms with Crippen LogP contribution in [0.25, 0.3) is 0 Å². The molecular formula is C12H14FN3O3S. The minimum absolute atomic E-state index is 0.231. The number of rotatable bonds is 3. The smallest absolute Gasteiger partial charge is 0.246 e. The molecule has 2 heterocycles. The van der Waals surface area contributed by atoms with Gasteiger partial charge in [0.25, 0.3) is 0 Å². The summed E-state index contributed by atoms with van der Waals surface area (Å²) in [7, 11) is -3.92. The molecule has 8 heteroatoms. The first-order valence-electron chi connectivity index (χ1n) is 6.25. The fourth-order valence-electron chi connectivity index (χ4n) is 2.20. The summed E-state index contributed by atoms with van der Waals surface area (Å²) in [5.74, 6) is -0.726. The van der Waals surface area contributed by atoms with Crippen LogP contribution in [0.3, 0.4) is 0 Å². The normalized spacial score (nSPS) is 20.9. The maximum Gasteiger partial charge on any atom is 0.246 e. The van der Waals surface area contributed by atoms with Crippen LogP contribution in [0.4, 0.5) is 4.39 Å². The SMILES string of the molecule is O=C=NC1CCCCCN1S(=O)(=O)c1cncc(F)c1. The highest BCUT2D eigenvalue weighted by Crippen LogP contribution is 2.25. The lowest BCUT2D eigenvalue weighted by Gasteiger charge is -2.24. The van der Waals surface area contributed by atoms with E-state index >= 15 is 0 Å². The Morgan fingerprint density at radius 1 is 1.35 bits per heavy atom. The molecule has 0 aromatic carbocycles. The predicted octanol–water partition coefficient (Wildman–Crippen LogP) is 1.45. The van der Waals surface area contributed by atoms with Crippen molar-refractivity contribution in [2.45, 2.75) is 36.7 Å². The minimum atomic E-state index is -3.92. The molecule has 1 saturated heterocycles. The van der Waals surface area contributed by atoms with E-state index in [0.717, 1.165) is 35.6 Å². The molecule has 0 radical (unpaired) electrons. The van der Waals surface area contributed by atoms with Gasteiger partial charge in [-0.3, -0.25) is 4.98 Å². The molecule has 1 aromatic heterocycles. The van der Waals surface area contributed by atoms with Crippen LogP contribution in [-0.4, -0.2) is 36.5 Å². The van der Waals surface area contributed by atoms with Gasteiger partial charge in [-0.25, -0.2) is 17.6 Å². The summed E-state index contributed by atoms with van der Waals surface area (Å²) in [6.07, 6.45) is 5.43. The van der Waals surface area contributed by atoms with Crippen LogP contribution in [0.5, 0.6) is 0 Å². The molecule has 20 heavy (non-hydrogen) atoms. The number of nitrogens with zero attached hydrogens (tertiary/aromatic N) is 3. The number of hydrogen-bond acceptors (Lipinski definition) is 5. The van der Waals surface area contributed by atoms with Gasteiger partial charge < -0.3 is 0 Å². The predicted molar refractivity (Wildman–Crippen MR) is 68.5 cm³/mol. The van der Waals surface area contributed by atoms with Crippen LogP contribution in [0.2, 0.25) is 0 Å². The molecule has 1 atom stereocenters. The number of isocyanates is 1. The van der Waals surface area contributed by atoms with Crippen LogP contribution in [0.1, 0.15) is 25.7 Å². The van der Waals surface area contributed by atoms with Gasteiger partial charge in [-0.05, 0) is 25.3 Å². The first kappa shape index (κ1) is 14.8. The second-order valence-electron chi connectivity index (χ2n) is 4.50.